The van der Waals surface area contributed by atoms with Crippen LogP contribution in [0.3, 0.4) is 0 Å². The molecule has 1 aromatic carbocycles. The second-order valence-corrected chi connectivity index (χ2v) is 8.27. The number of phenolic OH excluding ortho intramolecular Hbond substituents is 1. The van der Waals surface area contributed by atoms with Gasteiger partial charge in [0, 0.05) is 33.5 Å². The lowest BCUT2D eigenvalue weighted by Gasteiger charge is -2.07. The van der Waals surface area contributed by atoms with Gasteiger partial charge in [-0.15, -0.1) is 23.1 Å². The molecule has 3 heterocycles. The molecule has 3 aromatic heterocycles. The first-order valence-corrected chi connectivity index (χ1v) is 9.85. The molecule has 0 spiro atoms. The number of phenols is 1. The third-order valence-corrected chi connectivity index (χ3v) is 6.41. The summed E-state index contributed by atoms with van der Waals surface area (Å²) in [5, 5.41) is 12.4. The van der Waals surface area contributed by atoms with Crippen LogP contribution in [0.15, 0.2) is 38.5 Å². The molecule has 4 rings (SSSR count). The second-order valence-electron chi connectivity index (χ2n) is 6.10. The number of thiophene rings is 1. The summed E-state index contributed by atoms with van der Waals surface area (Å²) in [7, 11) is 0. The van der Waals surface area contributed by atoms with Gasteiger partial charge in [-0.3, -0.25) is 0 Å². The average molecular weight is 384 g/mol. The summed E-state index contributed by atoms with van der Waals surface area (Å²) < 4.78 is 5.20. The Labute approximate surface area is 157 Å². The molecule has 0 aliphatic rings. The highest BCUT2D eigenvalue weighted by Crippen LogP contribution is 2.36. The van der Waals surface area contributed by atoms with Crippen molar-refractivity contribution in [3.8, 4) is 5.75 Å². The SMILES string of the molecule is Cc1nc(SCc2cc(=O)oc3cc(O)ccc23)c2c(C)c(C)sc2n1. The first-order valence-electron chi connectivity index (χ1n) is 8.05. The van der Waals surface area contributed by atoms with E-state index in [2.05, 4.69) is 23.8 Å². The standard InChI is InChI=1S/C19H16N2O3S2/c1-9-10(2)26-19-17(9)18(20-11(3)21-19)25-8-12-6-16(23)24-15-7-13(22)4-5-14(12)15/h4-7,22H,8H2,1-3H3. The Morgan fingerprint density at radius 2 is 2.00 bits per heavy atom. The summed E-state index contributed by atoms with van der Waals surface area (Å²) in [6.07, 6.45) is 0. The summed E-state index contributed by atoms with van der Waals surface area (Å²) in [6.45, 7) is 6.07. The summed E-state index contributed by atoms with van der Waals surface area (Å²) in [5.41, 5.74) is 2.02. The first kappa shape index (κ1) is 17.1. The molecule has 0 saturated heterocycles. The van der Waals surface area contributed by atoms with Crippen molar-refractivity contribution in [3.63, 3.8) is 0 Å². The Balaban J connectivity index is 1.78. The molecule has 0 amide bonds. The number of fused-ring (bicyclic) bond motifs is 2. The van der Waals surface area contributed by atoms with Crippen molar-refractivity contribution in [1.29, 1.82) is 0 Å². The molecule has 0 aliphatic heterocycles. The summed E-state index contributed by atoms with van der Waals surface area (Å²) in [4.78, 5) is 23.3. The van der Waals surface area contributed by atoms with Crippen molar-refractivity contribution in [3.05, 3.63) is 56.5 Å². The third-order valence-electron chi connectivity index (χ3n) is 4.29. The first-order chi connectivity index (χ1) is 12.4. The molecule has 5 nitrogen and oxygen atoms in total. The van der Waals surface area contributed by atoms with Crippen LogP contribution < -0.4 is 5.63 Å². The fraction of sp³-hybridized carbons (Fsp3) is 0.211. The van der Waals surface area contributed by atoms with Crippen molar-refractivity contribution in [1.82, 2.24) is 9.97 Å². The lowest BCUT2D eigenvalue weighted by atomic mass is 10.1. The van der Waals surface area contributed by atoms with Crippen molar-refractivity contribution >= 4 is 44.3 Å². The van der Waals surface area contributed by atoms with Crippen molar-refractivity contribution in [2.75, 3.05) is 0 Å². The zero-order valence-corrected chi connectivity index (χ0v) is 16.1. The van der Waals surface area contributed by atoms with Crippen LogP contribution >= 0.6 is 23.1 Å². The summed E-state index contributed by atoms with van der Waals surface area (Å²) in [6, 6.07) is 6.33. The fourth-order valence-electron chi connectivity index (χ4n) is 2.90. The third kappa shape index (κ3) is 2.97. The zero-order valence-electron chi connectivity index (χ0n) is 14.5. The Hall–Kier alpha value is -2.38. The Bertz CT molecular complexity index is 1210. The quantitative estimate of drug-likeness (QED) is 0.313. The number of benzene rings is 1. The zero-order chi connectivity index (χ0) is 18.4. The monoisotopic (exact) mass is 384 g/mol. The minimum absolute atomic E-state index is 0.0722. The molecule has 26 heavy (non-hydrogen) atoms. The van der Waals surface area contributed by atoms with Gasteiger partial charge in [0.15, 0.2) is 0 Å². The molecule has 0 atom stereocenters. The Kier molecular flexibility index (Phi) is 4.20. The predicted molar refractivity (Wildman–Crippen MR) is 105 cm³/mol. The van der Waals surface area contributed by atoms with Crippen LogP contribution in [0.25, 0.3) is 21.2 Å². The minimum atomic E-state index is -0.426. The summed E-state index contributed by atoms with van der Waals surface area (Å²) >= 11 is 3.26. The van der Waals surface area contributed by atoms with Gasteiger partial charge < -0.3 is 9.52 Å². The molecule has 0 saturated carbocycles. The Morgan fingerprint density at radius 3 is 2.81 bits per heavy atom. The van der Waals surface area contributed by atoms with Crippen molar-refractivity contribution in [2.45, 2.75) is 31.6 Å². The van der Waals surface area contributed by atoms with E-state index < -0.39 is 5.63 Å². The number of aromatic hydroxyl groups is 1. The van der Waals surface area contributed by atoms with Crippen molar-refractivity contribution in [2.24, 2.45) is 0 Å². The molecule has 0 fully saturated rings. The predicted octanol–water partition coefficient (Wildman–Crippen LogP) is 4.72. The number of hydrogen-bond donors (Lipinski definition) is 1. The van der Waals surface area contributed by atoms with Crippen LogP contribution in [-0.2, 0) is 5.75 Å². The number of hydrogen-bond acceptors (Lipinski definition) is 7. The highest BCUT2D eigenvalue weighted by molar-refractivity contribution is 7.98. The van der Waals surface area contributed by atoms with Crippen LogP contribution in [0, 0.1) is 20.8 Å². The van der Waals surface area contributed by atoms with E-state index in [1.165, 1.54) is 22.6 Å². The minimum Gasteiger partial charge on any atom is -0.508 e. The molecule has 0 bridgehead atoms. The smallest absolute Gasteiger partial charge is 0.336 e. The average Bonchev–Trinajstić information content (AvgIpc) is 2.85. The van der Waals surface area contributed by atoms with E-state index >= 15 is 0 Å². The van der Waals surface area contributed by atoms with E-state index in [9.17, 15) is 9.90 Å². The lowest BCUT2D eigenvalue weighted by Crippen LogP contribution is -2.00. The molecule has 7 heteroatoms. The van der Waals surface area contributed by atoms with Gasteiger partial charge in [-0.2, -0.15) is 0 Å². The normalized spacial score (nSPS) is 11.5. The van der Waals surface area contributed by atoms with E-state index in [1.807, 2.05) is 6.92 Å². The topological polar surface area (TPSA) is 76.2 Å². The van der Waals surface area contributed by atoms with Crippen LogP contribution in [0.5, 0.6) is 5.75 Å². The van der Waals surface area contributed by atoms with Crippen LogP contribution in [0.2, 0.25) is 0 Å². The van der Waals surface area contributed by atoms with Crippen molar-refractivity contribution < 1.29 is 9.52 Å². The highest BCUT2D eigenvalue weighted by Gasteiger charge is 2.15. The van der Waals surface area contributed by atoms with Gasteiger partial charge in [0.1, 0.15) is 27.0 Å². The lowest BCUT2D eigenvalue weighted by molar-refractivity contribution is 0.473. The van der Waals surface area contributed by atoms with E-state index in [1.54, 1.807) is 35.2 Å². The highest BCUT2D eigenvalue weighted by atomic mass is 32.2. The molecule has 132 valence electrons. The van der Waals surface area contributed by atoms with Crippen LogP contribution in [-0.4, -0.2) is 15.1 Å². The van der Waals surface area contributed by atoms with Gasteiger partial charge in [0.25, 0.3) is 0 Å². The largest absolute Gasteiger partial charge is 0.508 e. The van der Waals surface area contributed by atoms with Gasteiger partial charge in [0.2, 0.25) is 0 Å². The van der Waals surface area contributed by atoms with Crippen LogP contribution in [0.1, 0.15) is 21.8 Å². The number of rotatable bonds is 3. The molecular formula is C19H16N2O3S2. The van der Waals surface area contributed by atoms with E-state index in [4.69, 9.17) is 4.42 Å². The van der Waals surface area contributed by atoms with Gasteiger partial charge in [0.05, 0.1) is 0 Å². The summed E-state index contributed by atoms with van der Waals surface area (Å²) in [5.74, 6) is 1.39. The number of aryl methyl sites for hydroxylation is 3. The van der Waals surface area contributed by atoms with E-state index in [0.717, 1.165) is 32.0 Å². The maximum absolute atomic E-state index is 11.9. The Morgan fingerprint density at radius 1 is 1.19 bits per heavy atom. The second kappa shape index (κ2) is 6.41. The van der Waals surface area contributed by atoms with Crippen LogP contribution in [0.4, 0.5) is 0 Å². The maximum Gasteiger partial charge on any atom is 0.336 e. The number of aromatic nitrogens is 2. The van der Waals surface area contributed by atoms with Gasteiger partial charge in [-0.05, 0) is 44.0 Å². The molecule has 1 N–H and O–H groups in total. The molecular weight excluding hydrogens is 368 g/mol. The molecule has 0 unspecified atom stereocenters. The van der Waals surface area contributed by atoms with Gasteiger partial charge in [-0.25, -0.2) is 14.8 Å². The molecule has 0 aliphatic carbocycles. The van der Waals surface area contributed by atoms with E-state index in [0.29, 0.717) is 11.3 Å². The van der Waals surface area contributed by atoms with Gasteiger partial charge in [-0.1, -0.05) is 0 Å². The maximum atomic E-state index is 11.9. The molecule has 4 aromatic rings. The fourth-order valence-corrected chi connectivity index (χ4v) is 5.16. The number of thioether (sulfide) groups is 1. The van der Waals surface area contributed by atoms with E-state index in [-0.39, 0.29) is 5.75 Å². The van der Waals surface area contributed by atoms with Gasteiger partial charge >= 0.3 is 5.63 Å². The molecule has 0 radical (unpaired) electrons. The number of nitrogens with zero attached hydrogens (tertiary/aromatic N) is 2.